The summed E-state index contributed by atoms with van der Waals surface area (Å²) in [6, 6.07) is -1.02. The van der Waals surface area contributed by atoms with Gasteiger partial charge in [-0.2, -0.15) is 18.3 Å². The highest BCUT2D eigenvalue weighted by molar-refractivity contribution is 5.71. The first-order chi connectivity index (χ1) is 8.36. The first kappa shape index (κ1) is 12.9. The molecule has 1 aliphatic carbocycles. The third-order valence-electron chi connectivity index (χ3n) is 3.19. The van der Waals surface area contributed by atoms with E-state index in [9.17, 15) is 18.0 Å². The number of carboxylic acid groups (broad SMARTS) is 1. The van der Waals surface area contributed by atoms with Crippen molar-refractivity contribution in [2.45, 2.75) is 44.8 Å². The van der Waals surface area contributed by atoms with Crippen molar-refractivity contribution in [3.05, 3.63) is 17.0 Å². The highest BCUT2D eigenvalue weighted by Crippen LogP contribution is 2.37. The third-order valence-corrected chi connectivity index (χ3v) is 3.19. The fourth-order valence-corrected chi connectivity index (χ4v) is 2.40. The minimum Gasteiger partial charge on any atom is -0.480 e. The van der Waals surface area contributed by atoms with Crippen molar-refractivity contribution in [1.29, 1.82) is 0 Å². The number of aromatic nitrogens is 2. The van der Waals surface area contributed by atoms with Gasteiger partial charge >= 0.3 is 12.1 Å². The van der Waals surface area contributed by atoms with Crippen molar-refractivity contribution in [2.75, 3.05) is 0 Å². The predicted molar refractivity (Wildman–Crippen MR) is 56.2 cm³/mol. The molecule has 4 nitrogen and oxygen atoms in total. The summed E-state index contributed by atoms with van der Waals surface area (Å²) in [6.07, 6.45) is -2.91. The maximum absolute atomic E-state index is 12.8. The molecule has 7 heteroatoms. The molecular formula is C11H13F3N2O2. The molecule has 100 valence electrons. The van der Waals surface area contributed by atoms with E-state index in [1.165, 1.54) is 0 Å². The van der Waals surface area contributed by atoms with E-state index >= 15 is 0 Å². The number of halogens is 3. The van der Waals surface area contributed by atoms with Crippen LogP contribution >= 0.6 is 0 Å². The topological polar surface area (TPSA) is 55.1 Å². The van der Waals surface area contributed by atoms with Gasteiger partial charge < -0.3 is 5.11 Å². The van der Waals surface area contributed by atoms with Gasteiger partial charge in [0, 0.05) is 11.3 Å². The Morgan fingerprint density at radius 2 is 2.17 bits per heavy atom. The number of fused-ring (bicyclic) bond motifs is 1. The van der Waals surface area contributed by atoms with E-state index < -0.39 is 23.9 Å². The Bertz CT molecular complexity index is 479. The van der Waals surface area contributed by atoms with E-state index in [4.69, 9.17) is 5.11 Å². The van der Waals surface area contributed by atoms with Crippen molar-refractivity contribution in [3.63, 3.8) is 0 Å². The summed E-state index contributed by atoms with van der Waals surface area (Å²) in [5.74, 6) is -1.15. The molecule has 0 bridgehead atoms. The van der Waals surface area contributed by atoms with Crippen LogP contribution in [0.2, 0.25) is 0 Å². The fourth-order valence-electron chi connectivity index (χ4n) is 2.40. The number of hydrogen-bond donors (Lipinski definition) is 1. The molecule has 18 heavy (non-hydrogen) atoms. The lowest BCUT2D eigenvalue weighted by Crippen LogP contribution is -2.22. The van der Waals surface area contributed by atoms with Gasteiger partial charge in [-0.15, -0.1) is 0 Å². The molecule has 0 amide bonds. The van der Waals surface area contributed by atoms with Crippen LogP contribution < -0.4 is 0 Å². The maximum Gasteiger partial charge on any atom is 0.435 e. The molecule has 0 unspecified atom stereocenters. The van der Waals surface area contributed by atoms with Gasteiger partial charge in [0.15, 0.2) is 5.69 Å². The van der Waals surface area contributed by atoms with Gasteiger partial charge in [0.2, 0.25) is 0 Å². The monoisotopic (exact) mass is 262 g/mol. The predicted octanol–water partition coefficient (Wildman–Crippen LogP) is 2.43. The largest absolute Gasteiger partial charge is 0.480 e. The molecule has 0 aromatic carbocycles. The van der Waals surface area contributed by atoms with Crippen molar-refractivity contribution in [2.24, 2.45) is 0 Å². The van der Waals surface area contributed by atoms with Gasteiger partial charge in [0.1, 0.15) is 6.04 Å². The lowest BCUT2D eigenvalue weighted by molar-refractivity contribution is -0.145. The smallest absolute Gasteiger partial charge is 0.435 e. The first-order valence-corrected chi connectivity index (χ1v) is 5.76. The molecule has 0 saturated carbocycles. The minimum absolute atomic E-state index is 0.169. The molecule has 1 aromatic heterocycles. The molecule has 1 atom stereocenters. The number of hydrogen-bond acceptors (Lipinski definition) is 2. The molecule has 1 heterocycles. The number of aliphatic carboxylic acids is 1. The van der Waals surface area contributed by atoms with Crippen molar-refractivity contribution in [1.82, 2.24) is 9.78 Å². The average Bonchev–Trinajstić information content (AvgIpc) is 2.79. The summed E-state index contributed by atoms with van der Waals surface area (Å²) in [5, 5.41) is 12.5. The SMILES string of the molecule is CC[C@@H](C(=O)O)n1nc(C(F)(F)F)c2c1CCC2. The van der Waals surface area contributed by atoms with Crippen LogP contribution in [-0.2, 0) is 23.8 Å². The van der Waals surface area contributed by atoms with E-state index in [0.29, 0.717) is 25.0 Å². The second-order valence-corrected chi connectivity index (χ2v) is 4.33. The number of carbonyl (C=O) groups is 1. The molecular weight excluding hydrogens is 249 g/mol. The average molecular weight is 262 g/mol. The van der Waals surface area contributed by atoms with Gasteiger partial charge in [0.25, 0.3) is 0 Å². The van der Waals surface area contributed by atoms with E-state index in [0.717, 1.165) is 4.68 Å². The van der Waals surface area contributed by atoms with E-state index in [-0.39, 0.29) is 12.0 Å². The Morgan fingerprint density at radius 1 is 1.50 bits per heavy atom. The third kappa shape index (κ3) is 1.97. The lowest BCUT2D eigenvalue weighted by atomic mass is 10.2. The normalized spacial score (nSPS) is 16.7. The van der Waals surface area contributed by atoms with Gasteiger partial charge in [0.05, 0.1) is 0 Å². The zero-order valence-electron chi connectivity index (χ0n) is 9.79. The standard InChI is InChI=1S/C11H13F3N2O2/c1-2-7(10(17)18)16-8-5-3-4-6(8)9(15-16)11(12,13)14/h7H,2-5H2,1H3,(H,17,18)/t7-/m0/s1. The highest BCUT2D eigenvalue weighted by Gasteiger charge is 2.41. The molecule has 1 aliphatic rings. The quantitative estimate of drug-likeness (QED) is 0.910. The fraction of sp³-hybridized carbons (Fsp3) is 0.636. The van der Waals surface area contributed by atoms with Crippen molar-refractivity contribution < 1.29 is 23.1 Å². The lowest BCUT2D eigenvalue weighted by Gasteiger charge is -2.13. The van der Waals surface area contributed by atoms with Gasteiger partial charge in [-0.3, -0.25) is 4.68 Å². The first-order valence-electron chi connectivity index (χ1n) is 5.76. The van der Waals surface area contributed by atoms with E-state index in [1.807, 2.05) is 0 Å². The molecule has 2 rings (SSSR count). The van der Waals surface area contributed by atoms with Crippen LogP contribution in [0.1, 0.15) is 42.8 Å². The van der Waals surface area contributed by atoms with E-state index in [1.54, 1.807) is 6.92 Å². The summed E-state index contributed by atoms with van der Waals surface area (Å²) in [6.45, 7) is 1.62. The van der Waals surface area contributed by atoms with Crippen LogP contribution in [0.3, 0.4) is 0 Å². The Morgan fingerprint density at radius 3 is 2.67 bits per heavy atom. The van der Waals surface area contributed by atoms with Crippen LogP contribution in [-0.4, -0.2) is 20.9 Å². The van der Waals surface area contributed by atoms with Crippen LogP contribution in [0.15, 0.2) is 0 Å². The van der Waals surface area contributed by atoms with Crippen LogP contribution in [0.5, 0.6) is 0 Å². The Labute approximate surface area is 101 Å². The molecule has 0 saturated heterocycles. The summed E-state index contributed by atoms with van der Waals surface area (Å²) in [5.41, 5.74) is -0.325. The van der Waals surface area contributed by atoms with Crippen LogP contribution in [0, 0.1) is 0 Å². The van der Waals surface area contributed by atoms with Crippen molar-refractivity contribution >= 4 is 5.97 Å². The van der Waals surface area contributed by atoms with Crippen molar-refractivity contribution in [3.8, 4) is 0 Å². The summed E-state index contributed by atoms with van der Waals surface area (Å²) in [7, 11) is 0. The second kappa shape index (κ2) is 4.29. The number of alkyl halides is 3. The van der Waals surface area contributed by atoms with Crippen LogP contribution in [0.4, 0.5) is 13.2 Å². The zero-order chi connectivity index (χ0) is 13.5. The number of rotatable bonds is 3. The van der Waals surface area contributed by atoms with Gasteiger partial charge in [-0.05, 0) is 25.7 Å². The van der Waals surface area contributed by atoms with Crippen LogP contribution in [0.25, 0.3) is 0 Å². The second-order valence-electron chi connectivity index (χ2n) is 4.33. The summed E-state index contributed by atoms with van der Waals surface area (Å²) in [4.78, 5) is 11.0. The Hall–Kier alpha value is -1.53. The highest BCUT2D eigenvalue weighted by atomic mass is 19.4. The Balaban J connectivity index is 2.53. The molecule has 0 fully saturated rings. The van der Waals surface area contributed by atoms with Gasteiger partial charge in [-0.1, -0.05) is 6.92 Å². The molecule has 0 spiro atoms. The Kier molecular flexibility index (Phi) is 3.08. The minimum atomic E-state index is -4.52. The maximum atomic E-state index is 12.8. The summed E-state index contributed by atoms with van der Waals surface area (Å²) < 4.78 is 39.5. The molecule has 1 N–H and O–H groups in total. The molecule has 1 aromatic rings. The van der Waals surface area contributed by atoms with E-state index in [2.05, 4.69) is 5.10 Å². The number of nitrogens with zero attached hydrogens (tertiary/aromatic N) is 2. The molecule has 0 aliphatic heterocycles. The summed E-state index contributed by atoms with van der Waals surface area (Å²) >= 11 is 0. The van der Waals surface area contributed by atoms with Gasteiger partial charge in [-0.25, -0.2) is 4.79 Å². The zero-order valence-corrected chi connectivity index (χ0v) is 9.79. The number of carboxylic acids is 1. The molecule has 0 radical (unpaired) electrons.